The third-order valence-corrected chi connectivity index (χ3v) is 4.30. The van der Waals surface area contributed by atoms with Gasteiger partial charge in [0.1, 0.15) is 17.2 Å². The van der Waals surface area contributed by atoms with Gasteiger partial charge in [0.05, 0.1) is 0 Å². The highest BCUT2D eigenvalue weighted by atomic mass is 19.1. The molecule has 110 valence electrons. The Labute approximate surface area is 124 Å². The van der Waals surface area contributed by atoms with Gasteiger partial charge in [-0.3, -0.25) is 0 Å². The van der Waals surface area contributed by atoms with Crippen molar-refractivity contribution in [3.63, 3.8) is 0 Å². The average Bonchev–Trinajstić information content (AvgIpc) is 2.49. The van der Waals surface area contributed by atoms with E-state index in [9.17, 15) is 4.39 Å². The van der Waals surface area contributed by atoms with Crippen LogP contribution in [0.3, 0.4) is 0 Å². The van der Waals surface area contributed by atoms with Gasteiger partial charge in [0, 0.05) is 24.4 Å². The second kappa shape index (κ2) is 5.49. The van der Waals surface area contributed by atoms with E-state index in [0.29, 0.717) is 12.2 Å². The van der Waals surface area contributed by atoms with Crippen molar-refractivity contribution in [2.24, 2.45) is 5.73 Å². The Morgan fingerprint density at radius 3 is 2.71 bits per heavy atom. The summed E-state index contributed by atoms with van der Waals surface area (Å²) >= 11 is 0. The molecule has 1 heterocycles. The van der Waals surface area contributed by atoms with E-state index in [2.05, 4.69) is 19.1 Å². The first-order valence-corrected chi connectivity index (χ1v) is 7.40. The topological polar surface area (TPSA) is 35.2 Å². The average molecular weight is 285 g/mol. The fourth-order valence-corrected chi connectivity index (χ4v) is 3.11. The predicted molar refractivity (Wildman–Crippen MR) is 81.7 cm³/mol. The smallest absolute Gasteiger partial charge is 0.125 e. The van der Waals surface area contributed by atoms with Gasteiger partial charge in [0.25, 0.3) is 0 Å². The summed E-state index contributed by atoms with van der Waals surface area (Å²) < 4.78 is 19.6. The molecule has 0 aliphatic carbocycles. The fourth-order valence-electron chi connectivity index (χ4n) is 3.11. The molecule has 3 rings (SSSR count). The first-order valence-electron chi connectivity index (χ1n) is 7.40. The summed E-state index contributed by atoms with van der Waals surface area (Å²) in [5.74, 6) is 0.452. The van der Waals surface area contributed by atoms with Crippen molar-refractivity contribution in [3.8, 4) is 5.75 Å². The van der Waals surface area contributed by atoms with Crippen molar-refractivity contribution >= 4 is 0 Å². The maximum atomic E-state index is 13.4. The molecule has 2 atom stereocenters. The van der Waals surface area contributed by atoms with Crippen molar-refractivity contribution in [3.05, 3.63) is 65.5 Å². The number of rotatable bonds is 3. The lowest BCUT2D eigenvalue weighted by Gasteiger charge is -2.41. The third-order valence-electron chi connectivity index (χ3n) is 4.30. The number of halogens is 1. The molecule has 0 fully saturated rings. The van der Waals surface area contributed by atoms with Gasteiger partial charge in [-0.15, -0.1) is 0 Å². The molecule has 1 unspecified atom stereocenters. The van der Waals surface area contributed by atoms with Crippen molar-refractivity contribution in [2.45, 2.75) is 37.8 Å². The minimum absolute atomic E-state index is 0.187. The molecular weight excluding hydrogens is 265 g/mol. The highest BCUT2D eigenvalue weighted by Gasteiger charge is 2.38. The lowest BCUT2D eigenvalue weighted by Crippen LogP contribution is -2.44. The minimum Gasteiger partial charge on any atom is -0.487 e. The molecule has 2 N–H and O–H groups in total. The number of nitrogens with two attached hydrogens (primary N) is 1. The molecule has 2 aromatic rings. The highest BCUT2D eigenvalue weighted by Crippen LogP contribution is 2.41. The lowest BCUT2D eigenvalue weighted by atomic mass is 9.81. The van der Waals surface area contributed by atoms with Crippen LogP contribution < -0.4 is 10.5 Å². The Bertz CT molecular complexity index is 628. The molecule has 0 radical (unpaired) electrons. The molecule has 0 amide bonds. The summed E-state index contributed by atoms with van der Waals surface area (Å²) in [6.07, 6.45) is 2.39. The molecule has 1 aliphatic rings. The maximum Gasteiger partial charge on any atom is 0.125 e. The zero-order chi connectivity index (χ0) is 14.9. The van der Waals surface area contributed by atoms with Crippen LogP contribution in [0.2, 0.25) is 0 Å². The normalized spacial score (nSPS) is 24.2. The van der Waals surface area contributed by atoms with Gasteiger partial charge in [0.2, 0.25) is 0 Å². The number of fused-ring (bicyclic) bond motifs is 1. The van der Waals surface area contributed by atoms with Crippen LogP contribution in [0.4, 0.5) is 4.39 Å². The molecule has 0 spiro atoms. The first kappa shape index (κ1) is 14.1. The van der Waals surface area contributed by atoms with Crippen molar-refractivity contribution in [1.29, 1.82) is 0 Å². The second-order valence-corrected chi connectivity index (χ2v) is 5.79. The number of benzene rings is 2. The zero-order valence-corrected chi connectivity index (χ0v) is 12.2. The lowest BCUT2D eigenvalue weighted by molar-refractivity contribution is 0.0319. The summed E-state index contributed by atoms with van der Waals surface area (Å²) in [6, 6.07) is 14.7. The van der Waals surface area contributed by atoms with Crippen LogP contribution >= 0.6 is 0 Å². The highest BCUT2D eigenvalue weighted by molar-refractivity contribution is 5.39. The van der Waals surface area contributed by atoms with Gasteiger partial charge >= 0.3 is 0 Å². The summed E-state index contributed by atoms with van der Waals surface area (Å²) in [6.45, 7) is 2.12. The van der Waals surface area contributed by atoms with Crippen LogP contribution in [0.15, 0.2) is 48.5 Å². The van der Waals surface area contributed by atoms with Crippen molar-refractivity contribution in [2.75, 3.05) is 0 Å². The van der Waals surface area contributed by atoms with Crippen LogP contribution in [0, 0.1) is 5.82 Å². The van der Waals surface area contributed by atoms with Crippen molar-refractivity contribution in [1.82, 2.24) is 0 Å². The van der Waals surface area contributed by atoms with Gasteiger partial charge in [-0.2, -0.15) is 0 Å². The maximum absolute atomic E-state index is 13.4. The van der Waals surface area contributed by atoms with Crippen LogP contribution in [-0.2, 0) is 6.42 Å². The van der Waals surface area contributed by atoms with E-state index < -0.39 is 0 Å². The first-order chi connectivity index (χ1) is 10.1. The summed E-state index contributed by atoms with van der Waals surface area (Å²) in [4.78, 5) is 0. The molecule has 0 aromatic heterocycles. The molecular formula is C18H20FNO. The molecule has 0 saturated carbocycles. The summed E-state index contributed by atoms with van der Waals surface area (Å²) in [7, 11) is 0. The van der Waals surface area contributed by atoms with Crippen LogP contribution in [0.1, 0.15) is 36.9 Å². The van der Waals surface area contributed by atoms with Crippen LogP contribution in [-0.4, -0.2) is 5.60 Å². The van der Waals surface area contributed by atoms with Gasteiger partial charge in [0.15, 0.2) is 0 Å². The summed E-state index contributed by atoms with van der Waals surface area (Å²) in [5, 5.41) is 0. The zero-order valence-electron chi connectivity index (χ0n) is 12.2. The molecule has 0 saturated heterocycles. The monoisotopic (exact) mass is 285 g/mol. The summed E-state index contributed by atoms with van der Waals surface area (Å²) in [5.41, 5.74) is 7.96. The third kappa shape index (κ3) is 2.79. The van der Waals surface area contributed by atoms with E-state index in [-0.39, 0.29) is 17.5 Å². The molecule has 0 bridgehead atoms. The Kier molecular flexibility index (Phi) is 3.68. The van der Waals surface area contributed by atoms with E-state index in [1.807, 2.05) is 18.2 Å². The van der Waals surface area contributed by atoms with E-state index in [0.717, 1.165) is 18.4 Å². The molecule has 1 aliphatic heterocycles. The number of hydrogen-bond acceptors (Lipinski definition) is 2. The fraction of sp³-hybridized carbons (Fsp3) is 0.333. The van der Waals surface area contributed by atoms with Gasteiger partial charge < -0.3 is 10.5 Å². The van der Waals surface area contributed by atoms with E-state index in [1.54, 1.807) is 6.07 Å². The minimum atomic E-state index is -0.314. The van der Waals surface area contributed by atoms with Crippen LogP contribution in [0.5, 0.6) is 5.75 Å². The largest absolute Gasteiger partial charge is 0.487 e. The van der Waals surface area contributed by atoms with E-state index in [1.165, 1.54) is 17.7 Å². The predicted octanol–water partition coefficient (Wildman–Crippen LogP) is 4.00. The second-order valence-electron chi connectivity index (χ2n) is 5.79. The van der Waals surface area contributed by atoms with Crippen molar-refractivity contribution < 1.29 is 9.13 Å². The number of hydrogen-bond donors (Lipinski definition) is 1. The standard InChI is InChI=1S/C18H20FNO/c1-2-18(11-13-6-4-3-5-7-13)12-16(20)15-10-14(19)8-9-17(15)21-18/h3-10,16H,2,11-12,20H2,1H3/t16-,18?/m1/s1. The van der Waals surface area contributed by atoms with E-state index >= 15 is 0 Å². The van der Waals surface area contributed by atoms with Gasteiger partial charge in [-0.25, -0.2) is 4.39 Å². The van der Waals surface area contributed by atoms with Crippen LogP contribution in [0.25, 0.3) is 0 Å². The molecule has 21 heavy (non-hydrogen) atoms. The Morgan fingerprint density at radius 2 is 2.00 bits per heavy atom. The molecule has 2 nitrogen and oxygen atoms in total. The SMILES string of the molecule is CCC1(Cc2ccccc2)C[C@@H](N)c2cc(F)ccc2O1. The Hall–Kier alpha value is -1.87. The van der Waals surface area contributed by atoms with E-state index in [4.69, 9.17) is 10.5 Å². The number of ether oxygens (including phenoxy) is 1. The Morgan fingerprint density at radius 1 is 1.24 bits per heavy atom. The molecule has 3 heteroatoms. The quantitative estimate of drug-likeness (QED) is 0.925. The van der Waals surface area contributed by atoms with Gasteiger partial charge in [-0.05, 0) is 30.2 Å². The molecule has 2 aromatic carbocycles. The van der Waals surface area contributed by atoms with Gasteiger partial charge in [-0.1, -0.05) is 37.3 Å². The Balaban J connectivity index is 1.92.